The molecule has 1 amide bonds. The van der Waals surface area contributed by atoms with Gasteiger partial charge in [-0.25, -0.2) is 0 Å². The maximum Gasteiger partial charge on any atom is 0.220 e. The number of hydrogen-bond donors (Lipinski definition) is 0. The number of carbonyl (C=O) groups excluding carboxylic acids is 2. The molecule has 0 N–H and O–H groups in total. The fraction of sp³-hybridized carbons (Fsp3) is 0.833. The SMILES string of the molecule is CC(=O)[C@@H]1[C@H]2CC(C)(C)O[C@H]2CN1C(C)=O. The first-order chi connectivity index (χ1) is 7.32. The second kappa shape index (κ2) is 3.55. The number of nitrogens with zero attached hydrogens (tertiary/aromatic N) is 1. The summed E-state index contributed by atoms with van der Waals surface area (Å²) in [6, 6.07) is -0.274. The van der Waals surface area contributed by atoms with Crippen LogP contribution in [0.3, 0.4) is 0 Å². The lowest BCUT2D eigenvalue weighted by molar-refractivity contribution is -0.136. The largest absolute Gasteiger partial charge is 0.370 e. The zero-order valence-electron chi connectivity index (χ0n) is 10.3. The minimum Gasteiger partial charge on any atom is -0.370 e. The predicted molar refractivity (Wildman–Crippen MR) is 58.9 cm³/mol. The molecule has 0 unspecified atom stereocenters. The van der Waals surface area contributed by atoms with E-state index in [-0.39, 0.29) is 35.4 Å². The molecule has 0 saturated carbocycles. The van der Waals surface area contributed by atoms with Gasteiger partial charge in [-0.15, -0.1) is 0 Å². The van der Waals surface area contributed by atoms with Crippen LogP contribution in [0, 0.1) is 5.92 Å². The molecule has 90 valence electrons. The number of amides is 1. The summed E-state index contributed by atoms with van der Waals surface area (Å²) in [7, 11) is 0. The summed E-state index contributed by atoms with van der Waals surface area (Å²) in [4.78, 5) is 24.8. The molecule has 2 saturated heterocycles. The van der Waals surface area contributed by atoms with Gasteiger partial charge >= 0.3 is 0 Å². The van der Waals surface area contributed by atoms with E-state index in [0.29, 0.717) is 6.54 Å². The molecule has 2 aliphatic rings. The summed E-state index contributed by atoms with van der Waals surface area (Å²) in [6.45, 7) is 7.73. The van der Waals surface area contributed by atoms with Crippen LogP contribution in [0.25, 0.3) is 0 Å². The fourth-order valence-corrected chi connectivity index (χ4v) is 3.12. The summed E-state index contributed by atoms with van der Waals surface area (Å²) in [5.41, 5.74) is -0.161. The van der Waals surface area contributed by atoms with Crippen molar-refractivity contribution in [3.63, 3.8) is 0 Å². The normalized spacial score (nSPS) is 36.2. The third-order valence-electron chi connectivity index (χ3n) is 3.61. The first kappa shape index (κ1) is 11.6. The number of rotatable bonds is 1. The predicted octanol–water partition coefficient (Wildman–Crippen LogP) is 0.990. The lowest BCUT2D eigenvalue weighted by Crippen LogP contribution is -2.42. The van der Waals surface area contributed by atoms with Crippen LogP contribution >= 0.6 is 0 Å². The Kier molecular flexibility index (Phi) is 2.57. The van der Waals surface area contributed by atoms with Gasteiger partial charge in [0.15, 0.2) is 5.78 Å². The first-order valence-corrected chi connectivity index (χ1v) is 5.77. The molecule has 4 nitrogen and oxygen atoms in total. The van der Waals surface area contributed by atoms with Crippen LogP contribution in [0.5, 0.6) is 0 Å². The van der Waals surface area contributed by atoms with Crippen LogP contribution in [0.1, 0.15) is 34.1 Å². The molecule has 0 aromatic heterocycles. The van der Waals surface area contributed by atoms with E-state index in [2.05, 4.69) is 0 Å². The summed E-state index contributed by atoms with van der Waals surface area (Å²) in [5.74, 6) is 0.219. The maximum absolute atomic E-state index is 11.7. The summed E-state index contributed by atoms with van der Waals surface area (Å²) in [5, 5.41) is 0. The van der Waals surface area contributed by atoms with E-state index in [0.717, 1.165) is 6.42 Å². The van der Waals surface area contributed by atoms with Gasteiger partial charge in [-0.2, -0.15) is 0 Å². The second-order valence-corrected chi connectivity index (χ2v) is 5.51. The number of carbonyl (C=O) groups is 2. The molecule has 2 fully saturated rings. The van der Waals surface area contributed by atoms with E-state index in [9.17, 15) is 9.59 Å². The molecule has 2 rings (SSSR count). The van der Waals surface area contributed by atoms with E-state index < -0.39 is 0 Å². The number of fused-ring (bicyclic) bond motifs is 1. The molecule has 0 radical (unpaired) electrons. The van der Waals surface area contributed by atoms with Crippen LogP contribution in [0.4, 0.5) is 0 Å². The quantitative estimate of drug-likeness (QED) is 0.668. The monoisotopic (exact) mass is 225 g/mol. The van der Waals surface area contributed by atoms with Crippen LogP contribution < -0.4 is 0 Å². The number of likely N-dealkylation sites (tertiary alicyclic amines) is 1. The van der Waals surface area contributed by atoms with Gasteiger partial charge < -0.3 is 9.64 Å². The van der Waals surface area contributed by atoms with Crippen molar-refractivity contribution in [2.45, 2.75) is 51.9 Å². The first-order valence-electron chi connectivity index (χ1n) is 5.77. The van der Waals surface area contributed by atoms with E-state index in [1.54, 1.807) is 11.8 Å². The standard InChI is InChI=1S/C12H19NO3/c1-7(14)11-9-5-12(3,4)16-10(9)6-13(11)8(2)15/h9-11H,5-6H2,1-4H3/t9-,10-,11+/m0/s1. The zero-order valence-corrected chi connectivity index (χ0v) is 10.3. The molecule has 4 heteroatoms. The van der Waals surface area contributed by atoms with Crippen LogP contribution in [-0.2, 0) is 14.3 Å². The molecule has 0 aromatic carbocycles. The van der Waals surface area contributed by atoms with Crippen molar-refractivity contribution < 1.29 is 14.3 Å². The number of Topliss-reactive ketones (excluding diaryl/α,β-unsaturated/α-hetero) is 1. The Morgan fingerprint density at radius 2 is 1.94 bits per heavy atom. The number of hydrogen-bond acceptors (Lipinski definition) is 3. The highest BCUT2D eigenvalue weighted by Crippen LogP contribution is 2.42. The van der Waals surface area contributed by atoms with Crippen molar-refractivity contribution in [2.24, 2.45) is 5.92 Å². The molecule has 0 aromatic rings. The van der Waals surface area contributed by atoms with E-state index in [1.807, 2.05) is 13.8 Å². The van der Waals surface area contributed by atoms with Gasteiger partial charge in [0.1, 0.15) is 0 Å². The van der Waals surface area contributed by atoms with Crippen molar-refractivity contribution in [1.82, 2.24) is 4.90 Å². The molecule has 0 bridgehead atoms. The molecule has 16 heavy (non-hydrogen) atoms. The van der Waals surface area contributed by atoms with Crippen molar-refractivity contribution in [3.05, 3.63) is 0 Å². The Hall–Kier alpha value is -0.900. The summed E-state index contributed by atoms with van der Waals surface area (Å²) >= 11 is 0. The lowest BCUT2D eigenvalue weighted by atomic mass is 9.89. The van der Waals surface area contributed by atoms with E-state index in [4.69, 9.17) is 4.74 Å². The third-order valence-corrected chi connectivity index (χ3v) is 3.61. The second-order valence-electron chi connectivity index (χ2n) is 5.51. The van der Waals surface area contributed by atoms with E-state index in [1.165, 1.54) is 6.92 Å². The molecular weight excluding hydrogens is 206 g/mol. The highest BCUT2D eigenvalue weighted by molar-refractivity contribution is 5.88. The zero-order chi connectivity index (χ0) is 12.1. The van der Waals surface area contributed by atoms with Crippen molar-refractivity contribution in [1.29, 1.82) is 0 Å². The Balaban J connectivity index is 2.23. The Labute approximate surface area is 95.9 Å². The summed E-state index contributed by atoms with van der Waals surface area (Å²) in [6.07, 6.45) is 0.888. The molecule has 2 aliphatic heterocycles. The summed E-state index contributed by atoms with van der Waals surface area (Å²) < 4.78 is 5.89. The highest BCUT2D eigenvalue weighted by Gasteiger charge is 2.53. The molecular formula is C12H19NO3. The fourth-order valence-electron chi connectivity index (χ4n) is 3.12. The molecule has 2 heterocycles. The van der Waals surface area contributed by atoms with Crippen LogP contribution in [-0.4, -0.2) is 40.9 Å². The molecule has 3 atom stereocenters. The highest BCUT2D eigenvalue weighted by atomic mass is 16.5. The maximum atomic E-state index is 11.7. The van der Waals surface area contributed by atoms with Crippen molar-refractivity contribution in [2.75, 3.05) is 6.54 Å². The minimum absolute atomic E-state index is 0.0315. The average Bonchev–Trinajstić information content (AvgIpc) is 2.54. The van der Waals surface area contributed by atoms with Crippen molar-refractivity contribution >= 4 is 11.7 Å². The smallest absolute Gasteiger partial charge is 0.220 e. The topological polar surface area (TPSA) is 46.6 Å². The molecule has 0 spiro atoms. The lowest BCUT2D eigenvalue weighted by Gasteiger charge is -2.27. The van der Waals surface area contributed by atoms with Crippen LogP contribution in [0.2, 0.25) is 0 Å². The van der Waals surface area contributed by atoms with Gasteiger partial charge in [-0.05, 0) is 27.2 Å². The Morgan fingerprint density at radius 3 is 2.44 bits per heavy atom. The third kappa shape index (κ3) is 1.75. The van der Waals surface area contributed by atoms with Gasteiger partial charge in [0.25, 0.3) is 0 Å². The number of ketones is 1. The Morgan fingerprint density at radius 1 is 1.31 bits per heavy atom. The van der Waals surface area contributed by atoms with Gasteiger partial charge in [-0.1, -0.05) is 0 Å². The number of ether oxygens (including phenoxy) is 1. The van der Waals surface area contributed by atoms with Gasteiger partial charge in [0.2, 0.25) is 5.91 Å². The molecule has 0 aliphatic carbocycles. The average molecular weight is 225 g/mol. The Bertz CT molecular complexity index is 337. The van der Waals surface area contributed by atoms with Gasteiger partial charge in [0, 0.05) is 19.4 Å². The minimum atomic E-state index is -0.274. The van der Waals surface area contributed by atoms with Gasteiger partial charge in [-0.3, -0.25) is 9.59 Å². The van der Waals surface area contributed by atoms with E-state index >= 15 is 0 Å². The van der Waals surface area contributed by atoms with Crippen LogP contribution in [0.15, 0.2) is 0 Å². The van der Waals surface area contributed by atoms with Crippen molar-refractivity contribution in [3.8, 4) is 0 Å². The van der Waals surface area contributed by atoms with Gasteiger partial charge in [0.05, 0.1) is 17.7 Å².